The van der Waals surface area contributed by atoms with Gasteiger partial charge >= 0.3 is 5.69 Å². The Morgan fingerprint density at radius 3 is 2.33 bits per heavy atom. The zero-order valence-electron chi connectivity index (χ0n) is 22.1. The van der Waals surface area contributed by atoms with Crippen molar-refractivity contribution in [3.05, 3.63) is 104 Å². The van der Waals surface area contributed by atoms with E-state index in [0.717, 1.165) is 11.1 Å². The molecule has 206 valence electrons. The fraction of sp³-hybridized carbons (Fsp3) is 0.414. The van der Waals surface area contributed by atoms with Gasteiger partial charge in [0.25, 0.3) is 5.56 Å². The van der Waals surface area contributed by atoms with Crippen molar-refractivity contribution < 1.29 is 18.9 Å². The zero-order valence-corrected chi connectivity index (χ0v) is 23.7. The predicted octanol–water partition coefficient (Wildman–Crippen LogP) is 4.21. The summed E-state index contributed by atoms with van der Waals surface area (Å²) in [6.45, 7) is 4.62. The van der Waals surface area contributed by atoms with E-state index < -0.39 is 35.3 Å². The second kappa shape index (κ2) is 11.8. The van der Waals surface area contributed by atoms with Crippen molar-refractivity contribution in [2.24, 2.45) is 11.8 Å². The molecule has 0 unspecified atom stereocenters. The third-order valence-electron chi connectivity index (χ3n) is 7.59. The number of rotatable bonds is 9. The Kier molecular flexibility index (Phi) is 8.39. The maximum absolute atomic E-state index is 13.0. The van der Waals surface area contributed by atoms with E-state index in [1.54, 1.807) is 13.1 Å². The van der Waals surface area contributed by atoms with Gasteiger partial charge in [-0.3, -0.25) is 14.3 Å². The SMILES string of the molecule is CSC(=S)O[C@H]1[C@@H](C)[C@@H]2[C@H](n3cc(C)c(=O)[nH]c3=O)O[C@@]1(COCc1ccccc1)[C@H]2OCc1ccccc1. The number of aromatic amines is 1. The molecule has 3 aromatic rings. The topological polar surface area (TPSA) is 91.8 Å². The van der Waals surface area contributed by atoms with Crippen molar-refractivity contribution in [3.8, 4) is 0 Å². The lowest BCUT2D eigenvalue weighted by Gasteiger charge is -2.41. The van der Waals surface area contributed by atoms with Crippen LogP contribution in [0.1, 0.15) is 29.8 Å². The summed E-state index contributed by atoms with van der Waals surface area (Å²) in [4.78, 5) is 27.5. The predicted molar refractivity (Wildman–Crippen MR) is 154 cm³/mol. The molecule has 10 heteroatoms. The molecule has 39 heavy (non-hydrogen) atoms. The first kappa shape index (κ1) is 27.8. The molecule has 1 aliphatic carbocycles. The average molecular weight is 569 g/mol. The third-order valence-corrected chi connectivity index (χ3v) is 8.61. The highest BCUT2D eigenvalue weighted by Crippen LogP contribution is 2.58. The number of thioether (sulfide) groups is 1. The number of aryl methyl sites for hydroxylation is 1. The van der Waals surface area contributed by atoms with Crippen LogP contribution in [-0.2, 0) is 32.2 Å². The minimum absolute atomic E-state index is 0.103. The van der Waals surface area contributed by atoms with Gasteiger partial charge in [-0.05, 0) is 36.5 Å². The van der Waals surface area contributed by atoms with Crippen LogP contribution in [-0.4, -0.2) is 44.6 Å². The molecule has 5 rings (SSSR count). The lowest BCUT2D eigenvalue weighted by Crippen LogP contribution is -2.55. The van der Waals surface area contributed by atoms with E-state index in [0.29, 0.717) is 23.2 Å². The Morgan fingerprint density at radius 2 is 1.69 bits per heavy atom. The van der Waals surface area contributed by atoms with Gasteiger partial charge in [-0.25, -0.2) is 4.79 Å². The number of fused-ring (bicyclic) bond motifs is 2. The van der Waals surface area contributed by atoms with E-state index in [1.165, 1.54) is 16.3 Å². The number of ether oxygens (including phenoxy) is 4. The summed E-state index contributed by atoms with van der Waals surface area (Å²) in [5.41, 5.74) is 0.453. The van der Waals surface area contributed by atoms with Gasteiger partial charge in [0.15, 0.2) is 5.60 Å². The van der Waals surface area contributed by atoms with Gasteiger partial charge < -0.3 is 18.9 Å². The molecule has 1 N–H and O–H groups in total. The summed E-state index contributed by atoms with van der Waals surface area (Å²) in [6, 6.07) is 19.8. The Balaban J connectivity index is 1.53. The van der Waals surface area contributed by atoms with E-state index in [2.05, 4.69) is 11.9 Å². The summed E-state index contributed by atoms with van der Waals surface area (Å²) in [6.07, 6.45) is 1.80. The minimum Gasteiger partial charge on any atom is -0.472 e. The highest BCUT2D eigenvalue weighted by molar-refractivity contribution is 8.22. The highest BCUT2D eigenvalue weighted by Gasteiger charge is 2.71. The van der Waals surface area contributed by atoms with Crippen molar-refractivity contribution in [1.82, 2.24) is 9.55 Å². The van der Waals surface area contributed by atoms with Crippen LogP contribution in [0.3, 0.4) is 0 Å². The van der Waals surface area contributed by atoms with Gasteiger partial charge in [-0.15, -0.1) is 0 Å². The van der Waals surface area contributed by atoms with Crippen molar-refractivity contribution in [2.75, 3.05) is 12.9 Å². The summed E-state index contributed by atoms with van der Waals surface area (Å²) in [7, 11) is 0. The summed E-state index contributed by atoms with van der Waals surface area (Å²) in [5.74, 6) is -0.374. The van der Waals surface area contributed by atoms with Crippen molar-refractivity contribution >= 4 is 28.4 Å². The molecule has 2 aliphatic rings. The molecule has 1 aliphatic heterocycles. The molecule has 0 radical (unpaired) electrons. The number of thiocarbonyl (C=S) groups is 1. The second-order valence-electron chi connectivity index (χ2n) is 10.1. The van der Waals surface area contributed by atoms with Crippen LogP contribution < -0.4 is 11.2 Å². The van der Waals surface area contributed by atoms with Gasteiger partial charge in [-0.1, -0.05) is 79.3 Å². The molecule has 2 fully saturated rings. The maximum Gasteiger partial charge on any atom is 0.330 e. The number of hydrogen-bond donors (Lipinski definition) is 1. The molecule has 1 aromatic heterocycles. The van der Waals surface area contributed by atoms with Crippen LogP contribution in [0.15, 0.2) is 76.4 Å². The van der Waals surface area contributed by atoms with E-state index in [1.807, 2.05) is 66.9 Å². The molecular formula is C29H32N2O6S2. The molecule has 0 amide bonds. The van der Waals surface area contributed by atoms with Crippen LogP contribution in [0.25, 0.3) is 0 Å². The van der Waals surface area contributed by atoms with Crippen LogP contribution in [0.4, 0.5) is 0 Å². The van der Waals surface area contributed by atoms with Gasteiger partial charge in [0.1, 0.15) is 18.4 Å². The average Bonchev–Trinajstić information content (AvgIpc) is 3.37. The van der Waals surface area contributed by atoms with Crippen molar-refractivity contribution in [2.45, 2.75) is 51.1 Å². The van der Waals surface area contributed by atoms with Gasteiger partial charge in [-0.2, -0.15) is 0 Å². The summed E-state index contributed by atoms with van der Waals surface area (Å²) >= 11 is 6.82. The highest BCUT2D eigenvalue weighted by atomic mass is 32.2. The Hall–Kier alpha value is -2.76. The lowest BCUT2D eigenvalue weighted by atomic mass is 9.92. The Bertz CT molecular complexity index is 1410. The molecule has 6 atom stereocenters. The van der Waals surface area contributed by atoms with Gasteiger partial charge in [0.2, 0.25) is 4.38 Å². The van der Waals surface area contributed by atoms with E-state index in [4.69, 9.17) is 31.2 Å². The van der Waals surface area contributed by atoms with Gasteiger partial charge in [0, 0.05) is 23.6 Å². The largest absolute Gasteiger partial charge is 0.472 e. The monoisotopic (exact) mass is 568 g/mol. The molecule has 0 spiro atoms. The summed E-state index contributed by atoms with van der Waals surface area (Å²) in [5, 5.41) is 0. The van der Waals surface area contributed by atoms with Crippen molar-refractivity contribution in [1.29, 1.82) is 0 Å². The molecule has 8 nitrogen and oxygen atoms in total. The Morgan fingerprint density at radius 1 is 1.05 bits per heavy atom. The van der Waals surface area contributed by atoms with E-state index >= 15 is 0 Å². The fourth-order valence-electron chi connectivity index (χ4n) is 5.75. The van der Waals surface area contributed by atoms with Gasteiger partial charge in [0.05, 0.1) is 19.8 Å². The molecule has 2 bridgehead atoms. The van der Waals surface area contributed by atoms with Crippen LogP contribution in [0.2, 0.25) is 0 Å². The number of H-pyrrole nitrogens is 1. The lowest BCUT2D eigenvalue weighted by molar-refractivity contribution is -0.212. The van der Waals surface area contributed by atoms with Crippen LogP contribution in [0, 0.1) is 18.8 Å². The van der Waals surface area contributed by atoms with E-state index in [9.17, 15) is 9.59 Å². The number of hydrogen-bond acceptors (Lipinski definition) is 8. The molecule has 1 saturated carbocycles. The molecule has 2 aromatic carbocycles. The minimum atomic E-state index is -1.05. The van der Waals surface area contributed by atoms with Crippen molar-refractivity contribution in [3.63, 3.8) is 0 Å². The first-order valence-electron chi connectivity index (χ1n) is 12.9. The molecule has 2 heterocycles. The van der Waals surface area contributed by atoms with E-state index in [-0.39, 0.29) is 18.4 Å². The molecular weight excluding hydrogens is 536 g/mol. The maximum atomic E-state index is 13.0. The first-order valence-corrected chi connectivity index (χ1v) is 14.5. The fourth-order valence-corrected chi connectivity index (χ4v) is 6.05. The quantitative estimate of drug-likeness (QED) is 0.384. The normalized spacial score (nSPS) is 27.5. The second-order valence-corrected chi connectivity index (χ2v) is 11.5. The number of nitrogens with zero attached hydrogens (tertiary/aromatic N) is 1. The number of benzene rings is 2. The Labute approximate surface area is 236 Å². The zero-order chi connectivity index (χ0) is 27.6. The number of aromatic nitrogens is 2. The molecule has 1 saturated heterocycles. The summed E-state index contributed by atoms with van der Waals surface area (Å²) < 4.78 is 27.9. The third kappa shape index (κ3) is 5.49. The van der Waals surface area contributed by atoms with Crippen LogP contribution in [0.5, 0.6) is 0 Å². The first-order chi connectivity index (χ1) is 18.8. The number of nitrogens with one attached hydrogen (secondary N) is 1. The standard InChI is InChI=1S/C29H32N2O6S2/c1-18-14-31(27(33)30-25(18)32)26-22-19(2)23(36-28(38)39-3)29(37-26,17-34-15-20-10-6-4-7-11-20)24(22)35-16-21-12-8-5-9-13-21/h4-14,19,22-24,26H,15-17H2,1-3H3,(H,30,32,33)/t19-,22-,23-,24-,26+,29+/m0/s1. The smallest absolute Gasteiger partial charge is 0.330 e. The van der Waals surface area contributed by atoms with Crippen LogP contribution >= 0.6 is 24.0 Å².